The average Bonchev–Trinajstić information content (AvgIpc) is 2.95. The quantitative estimate of drug-likeness (QED) is 0.618. The summed E-state index contributed by atoms with van der Waals surface area (Å²) in [5.41, 5.74) is 3.44. The van der Waals surface area contributed by atoms with E-state index in [1.807, 2.05) is 65.9 Å². The van der Waals surface area contributed by atoms with E-state index in [4.69, 9.17) is 0 Å². The van der Waals surface area contributed by atoms with Gasteiger partial charge in [0.05, 0.1) is 16.7 Å². The Balaban J connectivity index is 1.83. The largest absolute Gasteiger partial charge is 0.321 e. The van der Waals surface area contributed by atoms with E-state index in [0.717, 1.165) is 11.0 Å². The van der Waals surface area contributed by atoms with Gasteiger partial charge in [-0.15, -0.1) is 10.2 Å². The lowest BCUT2D eigenvalue weighted by atomic mass is 10.2. The lowest BCUT2D eigenvalue weighted by molar-refractivity contribution is 0.102. The maximum Gasteiger partial charge on any atom is 0.278 e. The molecule has 0 saturated heterocycles. The number of benzene rings is 2. The summed E-state index contributed by atoms with van der Waals surface area (Å²) < 4.78 is 1.85. The first kappa shape index (κ1) is 13.4. The van der Waals surface area contributed by atoms with Crippen LogP contribution in [0, 0.1) is 6.92 Å². The van der Waals surface area contributed by atoms with Crippen molar-refractivity contribution < 1.29 is 4.79 Å². The Kier molecular flexibility index (Phi) is 3.01. The Labute approximate surface area is 131 Å². The highest BCUT2D eigenvalue weighted by Crippen LogP contribution is 2.18. The van der Waals surface area contributed by atoms with E-state index in [9.17, 15) is 4.79 Å². The maximum absolute atomic E-state index is 12.5. The minimum absolute atomic E-state index is 0.282. The van der Waals surface area contributed by atoms with Crippen molar-refractivity contribution in [1.82, 2.24) is 19.6 Å². The molecule has 6 nitrogen and oxygen atoms in total. The molecule has 0 aliphatic rings. The molecule has 112 valence electrons. The van der Waals surface area contributed by atoms with Gasteiger partial charge >= 0.3 is 0 Å². The van der Waals surface area contributed by atoms with E-state index in [2.05, 4.69) is 20.5 Å². The van der Waals surface area contributed by atoms with Crippen LogP contribution in [0.4, 0.5) is 5.69 Å². The van der Waals surface area contributed by atoms with Crippen LogP contribution >= 0.6 is 0 Å². The van der Waals surface area contributed by atoms with Crippen molar-refractivity contribution in [3.05, 3.63) is 66.0 Å². The molecule has 0 spiro atoms. The van der Waals surface area contributed by atoms with Crippen LogP contribution in [-0.4, -0.2) is 25.5 Å². The number of nitrogens with one attached hydrogen (secondary N) is 1. The lowest BCUT2D eigenvalue weighted by Crippen LogP contribution is -2.18. The number of aryl methyl sites for hydroxylation is 1. The predicted octanol–water partition coefficient (Wildman–Crippen LogP) is 2.84. The molecule has 6 heteroatoms. The lowest BCUT2D eigenvalue weighted by Gasteiger charge is -2.08. The standard InChI is InChI=1S/C17H13N5O/c1-11-15(16(23)18-12-7-3-2-4-8-12)20-21-17-19-13-9-5-6-10-14(13)22(11)17/h2-10H,1H3,(H,18,23). The second kappa shape index (κ2) is 5.17. The van der Waals surface area contributed by atoms with Crippen LogP contribution in [0.5, 0.6) is 0 Å². The van der Waals surface area contributed by atoms with Gasteiger partial charge in [0.1, 0.15) is 0 Å². The molecule has 0 unspecified atom stereocenters. The van der Waals surface area contributed by atoms with E-state index in [0.29, 0.717) is 17.2 Å². The monoisotopic (exact) mass is 303 g/mol. The number of carbonyl (C=O) groups excluding carboxylic acids is 1. The van der Waals surface area contributed by atoms with Crippen molar-refractivity contribution in [2.45, 2.75) is 6.92 Å². The number of carbonyl (C=O) groups is 1. The van der Waals surface area contributed by atoms with E-state index >= 15 is 0 Å². The molecule has 4 rings (SSSR count). The third kappa shape index (κ3) is 2.20. The van der Waals surface area contributed by atoms with Crippen LogP contribution in [0.3, 0.4) is 0 Å². The molecule has 1 N–H and O–H groups in total. The zero-order chi connectivity index (χ0) is 15.8. The Morgan fingerprint density at radius 2 is 1.74 bits per heavy atom. The third-order valence-corrected chi connectivity index (χ3v) is 3.71. The summed E-state index contributed by atoms with van der Waals surface area (Å²) >= 11 is 0. The van der Waals surface area contributed by atoms with Gasteiger partial charge in [-0.05, 0) is 31.2 Å². The molecule has 0 radical (unpaired) electrons. The van der Waals surface area contributed by atoms with Crippen molar-refractivity contribution in [1.29, 1.82) is 0 Å². The molecule has 2 heterocycles. The van der Waals surface area contributed by atoms with Crippen LogP contribution in [0.1, 0.15) is 16.2 Å². The van der Waals surface area contributed by atoms with Crippen LogP contribution < -0.4 is 5.32 Å². The van der Waals surface area contributed by atoms with Crippen LogP contribution in [-0.2, 0) is 0 Å². The molecule has 0 saturated carbocycles. The van der Waals surface area contributed by atoms with Gasteiger partial charge in [0, 0.05) is 5.69 Å². The Morgan fingerprint density at radius 1 is 1.00 bits per heavy atom. The van der Waals surface area contributed by atoms with E-state index in [-0.39, 0.29) is 11.6 Å². The van der Waals surface area contributed by atoms with Crippen molar-refractivity contribution in [3.8, 4) is 0 Å². The van der Waals surface area contributed by atoms with Gasteiger partial charge in [-0.25, -0.2) is 4.98 Å². The molecular formula is C17H13N5O. The number of imidazole rings is 1. The molecule has 2 aromatic heterocycles. The number of para-hydroxylation sites is 3. The number of hydrogen-bond donors (Lipinski definition) is 1. The zero-order valence-corrected chi connectivity index (χ0v) is 12.4. The first-order valence-electron chi connectivity index (χ1n) is 7.21. The molecule has 1 amide bonds. The summed E-state index contributed by atoms with van der Waals surface area (Å²) in [5, 5.41) is 11.0. The molecule has 0 fully saturated rings. The number of hydrogen-bond acceptors (Lipinski definition) is 4. The summed E-state index contributed by atoms with van der Waals surface area (Å²) in [4.78, 5) is 16.9. The molecule has 23 heavy (non-hydrogen) atoms. The number of aromatic nitrogens is 4. The Bertz CT molecular complexity index is 1020. The third-order valence-electron chi connectivity index (χ3n) is 3.71. The van der Waals surface area contributed by atoms with Crippen LogP contribution in [0.2, 0.25) is 0 Å². The van der Waals surface area contributed by atoms with Gasteiger partial charge in [-0.2, -0.15) is 0 Å². The van der Waals surface area contributed by atoms with Gasteiger partial charge < -0.3 is 5.32 Å². The molecule has 0 aliphatic carbocycles. The highest BCUT2D eigenvalue weighted by Gasteiger charge is 2.17. The summed E-state index contributed by atoms with van der Waals surface area (Å²) in [6.45, 7) is 1.84. The predicted molar refractivity (Wildman–Crippen MR) is 87.4 cm³/mol. The maximum atomic E-state index is 12.5. The van der Waals surface area contributed by atoms with E-state index in [1.54, 1.807) is 0 Å². The fourth-order valence-electron chi connectivity index (χ4n) is 2.61. The van der Waals surface area contributed by atoms with Crippen molar-refractivity contribution in [3.63, 3.8) is 0 Å². The van der Waals surface area contributed by atoms with Crippen LogP contribution in [0.15, 0.2) is 54.6 Å². The fraction of sp³-hybridized carbons (Fsp3) is 0.0588. The van der Waals surface area contributed by atoms with E-state index < -0.39 is 0 Å². The second-order valence-electron chi connectivity index (χ2n) is 5.19. The molecule has 2 aromatic carbocycles. The number of rotatable bonds is 2. The van der Waals surface area contributed by atoms with Crippen LogP contribution in [0.25, 0.3) is 16.8 Å². The van der Waals surface area contributed by atoms with Gasteiger partial charge in [0.25, 0.3) is 11.7 Å². The topological polar surface area (TPSA) is 72.2 Å². The van der Waals surface area contributed by atoms with E-state index in [1.165, 1.54) is 0 Å². The van der Waals surface area contributed by atoms with Gasteiger partial charge in [0.2, 0.25) is 0 Å². The fourth-order valence-corrected chi connectivity index (χ4v) is 2.61. The summed E-state index contributed by atoms with van der Waals surface area (Å²) in [6.07, 6.45) is 0. The molecule has 0 atom stereocenters. The number of anilines is 1. The van der Waals surface area contributed by atoms with Crippen molar-refractivity contribution in [2.75, 3.05) is 5.32 Å². The minimum atomic E-state index is -0.291. The Hall–Kier alpha value is -3.28. The average molecular weight is 303 g/mol. The summed E-state index contributed by atoms with van der Waals surface area (Å²) in [5.74, 6) is 0.195. The zero-order valence-electron chi connectivity index (χ0n) is 12.4. The first-order chi connectivity index (χ1) is 11.2. The number of fused-ring (bicyclic) bond motifs is 3. The molecule has 0 aliphatic heterocycles. The number of amides is 1. The number of nitrogens with zero attached hydrogens (tertiary/aromatic N) is 4. The normalized spacial score (nSPS) is 11.0. The minimum Gasteiger partial charge on any atom is -0.321 e. The first-order valence-corrected chi connectivity index (χ1v) is 7.21. The van der Waals surface area contributed by atoms with Gasteiger partial charge in [0.15, 0.2) is 5.69 Å². The van der Waals surface area contributed by atoms with Gasteiger partial charge in [-0.1, -0.05) is 30.3 Å². The Morgan fingerprint density at radius 3 is 2.57 bits per heavy atom. The second-order valence-corrected chi connectivity index (χ2v) is 5.19. The smallest absolute Gasteiger partial charge is 0.278 e. The summed E-state index contributed by atoms with van der Waals surface area (Å²) in [6, 6.07) is 17.0. The molecular weight excluding hydrogens is 290 g/mol. The van der Waals surface area contributed by atoms with Gasteiger partial charge in [-0.3, -0.25) is 9.20 Å². The van der Waals surface area contributed by atoms with Crippen molar-refractivity contribution in [2.24, 2.45) is 0 Å². The molecule has 4 aromatic rings. The highest BCUT2D eigenvalue weighted by atomic mass is 16.1. The SMILES string of the molecule is Cc1c(C(=O)Nc2ccccc2)nnc2nc3ccccc3n12. The highest BCUT2D eigenvalue weighted by molar-refractivity contribution is 6.03. The summed E-state index contributed by atoms with van der Waals surface area (Å²) in [7, 11) is 0. The molecule has 0 bridgehead atoms. The van der Waals surface area contributed by atoms with Crippen molar-refractivity contribution >= 4 is 28.4 Å².